The van der Waals surface area contributed by atoms with Gasteiger partial charge in [-0.3, -0.25) is 9.69 Å². The molecule has 3 aromatic rings. The number of benzene rings is 3. The number of amidine groups is 1. The van der Waals surface area contributed by atoms with Crippen molar-refractivity contribution in [3.8, 4) is 5.75 Å². The molecule has 156 valence electrons. The van der Waals surface area contributed by atoms with Crippen LogP contribution in [0, 0.1) is 0 Å². The number of aliphatic imine (C=N–C) groups is 1. The Labute approximate surface area is 191 Å². The number of amides is 1. The van der Waals surface area contributed by atoms with Crippen LogP contribution in [0.3, 0.4) is 0 Å². The van der Waals surface area contributed by atoms with Gasteiger partial charge in [-0.15, -0.1) is 0 Å². The first-order valence-corrected chi connectivity index (χ1v) is 11.1. The maximum absolute atomic E-state index is 13.3. The molecule has 0 atom stereocenters. The van der Waals surface area contributed by atoms with Crippen LogP contribution in [0.5, 0.6) is 5.75 Å². The van der Waals surface area contributed by atoms with E-state index in [9.17, 15) is 4.79 Å². The van der Waals surface area contributed by atoms with Crippen molar-refractivity contribution in [3.05, 3.63) is 100 Å². The summed E-state index contributed by atoms with van der Waals surface area (Å²) in [6, 6.07) is 25.2. The molecule has 3 aromatic carbocycles. The summed E-state index contributed by atoms with van der Waals surface area (Å²) < 4.78 is 6.76. The quantitative estimate of drug-likeness (QED) is 0.291. The Morgan fingerprint density at radius 2 is 1.68 bits per heavy atom. The molecule has 1 heterocycles. The van der Waals surface area contributed by atoms with Crippen molar-refractivity contribution in [2.45, 2.75) is 19.8 Å². The molecule has 1 aliphatic rings. The fourth-order valence-electron chi connectivity index (χ4n) is 3.28. The number of ether oxygens (including phenoxy) is 1. The Morgan fingerprint density at radius 3 is 2.35 bits per heavy atom. The van der Waals surface area contributed by atoms with Crippen molar-refractivity contribution in [2.75, 3.05) is 11.5 Å². The van der Waals surface area contributed by atoms with Crippen LogP contribution in [-0.4, -0.2) is 18.3 Å². The molecule has 0 N–H and O–H groups in total. The lowest BCUT2D eigenvalue weighted by atomic mass is 10.1. The van der Waals surface area contributed by atoms with Gasteiger partial charge in [-0.25, -0.2) is 4.99 Å². The first kappa shape index (κ1) is 21.1. The molecule has 5 heteroatoms. The molecule has 31 heavy (non-hydrogen) atoms. The summed E-state index contributed by atoms with van der Waals surface area (Å²) in [5.74, 6) is 1.28. The minimum absolute atomic E-state index is 0.146. The molecular formula is C26H23BrN2O2. The third kappa shape index (κ3) is 4.94. The number of carbonyl (C=O) groups excluding carboxylic acids is 1. The van der Waals surface area contributed by atoms with E-state index in [0.29, 0.717) is 18.1 Å². The van der Waals surface area contributed by atoms with Crippen LogP contribution >= 0.6 is 15.9 Å². The molecular weight excluding hydrogens is 452 g/mol. The SMILES string of the molecule is CCCCOc1ccc(C2=N/C(=C\c3ccc(Br)cc3)C(=O)N2c2ccccc2)cc1. The minimum Gasteiger partial charge on any atom is -0.494 e. The van der Waals surface area contributed by atoms with Gasteiger partial charge in [0, 0.05) is 10.0 Å². The van der Waals surface area contributed by atoms with E-state index in [1.807, 2.05) is 84.9 Å². The van der Waals surface area contributed by atoms with Crippen molar-refractivity contribution in [1.82, 2.24) is 0 Å². The van der Waals surface area contributed by atoms with Gasteiger partial charge in [0.1, 0.15) is 17.3 Å². The molecule has 0 saturated heterocycles. The van der Waals surface area contributed by atoms with Crippen LogP contribution in [0.15, 0.2) is 94.0 Å². The summed E-state index contributed by atoms with van der Waals surface area (Å²) >= 11 is 3.44. The van der Waals surface area contributed by atoms with Gasteiger partial charge in [-0.2, -0.15) is 0 Å². The van der Waals surface area contributed by atoms with Crippen LogP contribution in [0.1, 0.15) is 30.9 Å². The van der Waals surface area contributed by atoms with Crippen LogP contribution in [-0.2, 0) is 4.79 Å². The van der Waals surface area contributed by atoms with E-state index in [1.54, 1.807) is 4.90 Å². The molecule has 1 aliphatic heterocycles. The highest BCUT2D eigenvalue weighted by molar-refractivity contribution is 9.10. The van der Waals surface area contributed by atoms with Gasteiger partial charge in [0.25, 0.3) is 5.91 Å². The molecule has 1 amide bonds. The summed E-state index contributed by atoms with van der Waals surface area (Å²) in [7, 11) is 0. The van der Waals surface area contributed by atoms with E-state index < -0.39 is 0 Å². The van der Waals surface area contributed by atoms with E-state index in [2.05, 4.69) is 22.9 Å². The zero-order valence-electron chi connectivity index (χ0n) is 17.3. The van der Waals surface area contributed by atoms with Crippen molar-refractivity contribution in [1.29, 1.82) is 0 Å². The third-order valence-electron chi connectivity index (χ3n) is 4.93. The molecule has 0 saturated carbocycles. The number of unbranched alkanes of at least 4 members (excludes halogenated alkanes) is 1. The van der Waals surface area contributed by atoms with Gasteiger partial charge in [-0.1, -0.05) is 59.6 Å². The molecule has 0 radical (unpaired) electrons. The highest BCUT2D eigenvalue weighted by Crippen LogP contribution is 2.28. The molecule has 0 bridgehead atoms. The van der Waals surface area contributed by atoms with E-state index >= 15 is 0 Å². The standard InChI is InChI=1S/C26H23BrN2O2/c1-2-3-17-31-23-15-11-20(12-16-23)25-28-24(18-19-9-13-21(27)14-10-19)26(30)29(25)22-7-5-4-6-8-22/h4-16,18H,2-3,17H2,1H3/b24-18-. The maximum atomic E-state index is 13.3. The number of hydrogen-bond donors (Lipinski definition) is 0. The second kappa shape index (κ2) is 9.75. The van der Waals surface area contributed by atoms with Gasteiger partial charge < -0.3 is 4.74 Å². The molecule has 0 aromatic heterocycles. The number of rotatable bonds is 7. The van der Waals surface area contributed by atoms with Crippen molar-refractivity contribution in [3.63, 3.8) is 0 Å². The molecule has 0 unspecified atom stereocenters. The Kier molecular flexibility index (Phi) is 6.63. The average molecular weight is 475 g/mol. The number of para-hydroxylation sites is 1. The van der Waals surface area contributed by atoms with E-state index in [1.165, 1.54) is 0 Å². The first-order chi connectivity index (χ1) is 15.2. The lowest BCUT2D eigenvalue weighted by molar-refractivity contribution is -0.113. The van der Waals surface area contributed by atoms with Gasteiger partial charge in [0.05, 0.1) is 12.3 Å². The van der Waals surface area contributed by atoms with Crippen molar-refractivity contribution < 1.29 is 9.53 Å². The topological polar surface area (TPSA) is 41.9 Å². The van der Waals surface area contributed by atoms with E-state index in [-0.39, 0.29) is 5.91 Å². The largest absolute Gasteiger partial charge is 0.494 e. The monoisotopic (exact) mass is 474 g/mol. The third-order valence-corrected chi connectivity index (χ3v) is 5.46. The highest BCUT2D eigenvalue weighted by atomic mass is 79.9. The number of nitrogens with zero attached hydrogens (tertiary/aromatic N) is 2. The van der Waals surface area contributed by atoms with Crippen LogP contribution in [0.25, 0.3) is 6.08 Å². The van der Waals surface area contributed by atoms with E-state index in [0.717, 1.165) is 39.9 Å². The minimum atomic E-state index is -0.146. The Morgan fingerprint density at radius 1 is 0.968 bits per heavy atom. The smallest absolute Gasteiger partial charge is 0.282 e. The maximum Gasteiger partial charge on any atom is 0.282 e. The van der Waals surface area contributed by atoms with Crippen LogP contribution < -0.4 is 9.64 Å². The highest BCUT2D eigenvalue weighted by Gasteiger charge is 2.32. The molecule has 0 spiro atoms. The molecule has 0 aliphatic carbocycles. The molecule has 0 fully saturated rings. The summed E-state index contributed by atoms with van der Waals surface area (Å²) in [4.78, 5) is 19.7. The van der Waals surface area contributed by atoms with Gasteiger partial charge in [0.15, 0.2) is 0 Å². The number of hydrogen-bond acceptors (Lipinski definition) is 3. The van der Waals surface area contributed by atoms with Gasteiger partial charge in [-0.05, 0) is 66.6 Å². The second-order valence-electron chi connectivity index (χ2n) is 7.22. The Balaban J connectivity index is 1.69. The molecule has 4 nitrogen and oxygen atoms in total. The van der Waals surface area contributed by atoms with Crippen molar-refractivity contribution >= 4 is 39.4 Å². The Bertz CT molecular complexity index is 1100. The number of anilines is 1. The lowest BCUT2D eigenvalue weighted by Crippen LogP contribution is -2.32. The summed E-state index contributed by atoms with van der Waals surface area (Å²) in [6.45, 7) is 2.84. The zero-order valence-corrected chi connectivity index (χ0v) is 18.9. The first-order valence-electron chi connectivity index (χ1n) is 10.3. The number of halogens is 1. The van der Waals surface area contributed by atoms with Gasteiger partial charge in [0.2, 0.25) is 0 Å². The summed E-state index contributed by atoms with van der Waals surface area (Å²) in [6.07, 6.45) is 3.94. The van der Waals surface area contributed by atoms with Gasteiger partial charge >= 0.3 is 0 Å². The van der Waals surface area contributed by atoms with E-state index in [4.69, 9.17) is 9.73 Å². The summed E-state index contributed by atoms with van der Waals surface area (Å²) in [5.41, 5.74) is 2.97. The summed E-state index contributed by atoms with van der Waals surface area (Å²) in [5, 5.41) is 0. The second-order valence-corrected chi connectivity index (χ2v) is 8.13. The van der Waals surface area contributed by atoms with Crippen LogP contribution in [0.2, 0.25) is 0 Å². The van der Waals surface area contributed by atoms with Crippen molar-refractivity contribution in [2.24, 2.45) is 4.99 Å². The fourth-order valence-corrected chi connectivity index (χ4v) is 3.54. The average Bonchev–Trinajstić information content (AvgIpc) is 3.12. The predicted octanol–water partition coefficient (Wildman–Crippen LogP) is 6.46. The van der Waals surface area contributed by atoms with Crippen LogP contribution in [0.4, 0.5) is 5.69 Å². The normalized spacial score (nSPS) is 14.8. The predicted molar refractivity (Wildman–Crippen MR) is 129 cm³/mol. The molecule has 4 rings (SSSR count). The Hall–Kier alpha value is -3.18. The fraction of sp³-hybridized carbons (Fsp3) is 0.154. The number of carbonyl (C=O) groups is 1. The lowest BCUT2D eigenvalue weighted by Gasteiger charge is -2.18. The zero-order chi connectivity index (χ0) is 21.6.